The Bertz CT molecular complexity index is 1240. The molecule has 7 nitrogen and oxygen atoms in total. The Morgan fingerprint density at radius 1 is 1.17 bits per heavy atom. The Hall–Kier alpha value is -2.14. The van der Waals surface area contributed by atoms with E-state index in [0.29, 0.717) is 32.5 Å². The second-order valence-corrected chi connectivity index (χ2v) is 10.8. The SMILES string of the molecule is CC(C)C[C@H](NC(=O)c1ccc(Cl)cc1Cl)c1nnc(SCC(=O)Nc2ccc(Br)cc2F)n1C. The molecule has 0 bridgehead atoms. The smallest absolute Gasteiger partial charge is 0.253 e. The predicted octanol–water partition coefficient (Wildman–Crippen LogP) is 6.27. The average molecular weight is 603 g/mol. The number of hydrogen-bond acceptors (Lipinski definition) is 5. The van der Waals surface area contributed by atoms with Gasteiger partial charge in [0.25, 0.3) is 5.91 Å². The third-order valence-corrected chi connectivity index (χ3v) is 6.97. The van der Waals surface area contributed by atoms with Crippen LogP contribution < -0.4 is 10.6 Å². The fraction of sp³-hybridized carbons (Fsp3) is 0.304. The van der Waals surface area contributed by atoms with Gasteiger partial charge in [-0.05, 0) is 48.7 Å². The van der Waals surface area contributed by atoms with Crippen molar-refractivity contribution in [3.8, 4) is 0 Å². The van der Waals surface area contributed by atoms with Crippen molar-refractivity contribution < 1.29 is 14.0 Å². The van der Waals surface area contributed by atoms with Gasteiger partial charge in [-0.1, -0.05) is 64.7 Å². The maximum Gasteiger partial charge on any atom is 0.253 e. The van der Waals surface area contributed by atoms with Crippen LogP contribution in [0, 0.1) is 11.7 Å². The summed E-state index contributed by atoms with van der Waals surface area (Å²) in [6, 6.07) is 8.64. The van der Waals surface area contributed by atoms with Gasteiger partial charge in [-0.25, -0.2) is 4.39 Å². The number of nitrogens with zero attached hydrogens (tertiary/aromatic N) is 3. The van der Waals surface area contributed by atoms with Gasteiger partial charge in [-0.3, -0.25) is 9.59 Å². The maximum atomic E-state index is 14.0. The molecule has 0 spiro atoms. The van der Waals surface area contributed by atoms with Crippen LogP contribution in [0.25, 0.3) is 0 Å². The zero-order valence-electron chi connectivity index (χ0n) is 19.1. The number of carbonyl (C=O) groups is 2. The van der Waals surface area contributed by atoms with E-state index in [-0.39, 0.29) is 34.2 Å². The van der Waals surface area contributed by atoms with Crippen molar-refractivity contribution in [3.63, 3.8) is 0 Å². The van der Waals surface area contributed by atoms with Crippen LogP contribution >= 0.6 is 50.9 Å². The van der Waals surface area contributed by atoms with E-state index in [2.05, 4.69) is 36.8 Å². The third-order valence-electron chi connectivity index (χ3n) is 4.91. The van der Waals surface area contributed by atoms with Gasteiger partial charge in [0.15, 0.2) is 11.0 Å². The standard InChI is InChI=1S/C23H23BrCl2FN5O2S/c1-12(2)8-19(29-22(34)15-6-5-14(25)10-16(15)26)21-30-31-23(32(21)3)35-11-20(33)28-18-7-4-13(24)9-17(18)27/h4-7,9-10,12,19H,8,11H2,1-3H3,(H,28,33)(H,29,34)/t19-/m0/s1. The van der Waals surface area contributed by atoms with Crippen LogP contribution in [0.3, 0.4) is 0 Å². The van der Waals surface area contributed by atoms with Gasteiger partial charge < -0.3 is 15.2 Å². The van der Waals surface area contributed by atoms with Crippen molar-refractivity contribution in [1.29, 1.82) is 0 Å². The number of halogens is 4. The molecule has 1 aromatic heterocycles. The molecule has 0 saturated carbocycles. The summed E-state index contributed by atoms with van der Waals surface area (Å²) in [4.78, 5) is 25.2. The minimum atomic E-state index is -0.535. The fourth-order valence-corrected chi connectivity index (χ4v) is 4.82. The average Bonchev–Trinajstić information content (AvgIpc) is 3.13. The number of aromatic nitrogens is 3. The molecule has 12 heteroatoms. The molecule has 0 aliphatic carbocycles. The molecule has 0 saturated heterocycles. The van der Waals surface area contributed by atoms with Crippen molar-refractivity contribution in [2.75, 3.05) is 11.1 Å². The lowest BCUT2D eigenvalue weighted by molar-refractivity contribution is -0.113. The zero-order chi connectivity index (χ0) is 25.7. The number of anilines is 1. The van der Waals surface area contributed by atoms with Gasteiger partial charge in [0, 0.05) is 16.5 Å². The van der Waals surface area contributed by atoms with E-state index in [4.69, 9.17) is 23.2 Å². The Labute approximate surface area is 225 Å². The minimum absolute atomic E-state index is 0.00304. The van der Waals surface area contributed by atoms with E-state index in [1.54, 1.807) is 29.8 Å². The fourth-order valence-electron chi connectivity index (χ4n) is 3.27. The highest BCUT2D eigenvalue weighted by Gasteiger charge is 2.24. The lowest BCUT2D eigenvalue weighted by Crippen LogP contribution is -2.31. The van der Waals surface area contributed by atoms with Crippen LogP contribution in [0.4, 0.5) is 10.1 Å². The third kappa shape index (κ3) is 7.42. The molecule has 186 valence electrons. The first-order valence-electron chi connectivity index (χ1n) is 10.6. The van der Waals surface area contributed by atoms with Crippen molar-refractivity contribution in [3.05, 3.63) is 68.1 Å². The van der Waals surface area contributed by atoms with Crippen LogP contribution in [0.15, 0.2) is 46.0 Å². The number of nitrogens with one attached hydrogen (secondary N) is 2. The van der Waals surface area contributed by atoms with E-state index < -0.39 is 11.9 Å². The molecule has 2 amide bonds. The number of rotatable bonds is 9. The summed E-state index contributed by atoms with van der Waals surface area (Å²) in [5, 5.41) is 15.1. The lowest BCUT2D eigenvalue weighted by atomic mass is 10.0. The predicted molar refractivity (Wildman–Crippen MR) is 141 cm³/mol. The summed E-state index contributed by atoms with van der Waals surface area (Å²) >= 11 is 16.5. The molecular formula is C23H23BrCl2FN5O2S. The summed E-state index contributed by atoms with van der Waals surface area (Å²) in [5.74, 6) is -0.481. The first-order valence-corrected chi connectivity index (χ1v) is 13.1. The molecule has 0 fully saturated rings. The molecular weight excluding hydrogens is 580 g/mol. The second kappa shape index (κ2) is 12.2. The first-order chi connectivity index (χ1) is 16.5. The van der Waals surface area contributed by atoms with Crippen molar-refractivity contribution >= 4 is 68.4 Å². The lowest BCUT2D eigenvalue weighted by Gasteiger charge is -2.20. The van der Waals surface area contributed by atoms with Gasteiger partial charge in [0.05, 0.1) is 28.1 Å². The number of benzene rings is 2. The molecule has 2 N–H and O–H groups in total. The molecule has 1 heterocycles. The van der Waals surface area contributed by atoms with Gasteiger partial charge in [-0.15, -0.1) is 10.2 Å². The van der Waals surface area contributed by atoms with Gasteiger partial charge in [0.1, 0.15) is 5.82 Å². The van der Waals surface area contributed by atoms with Gasteiger partial charge >= 0.3 is 0 Å². The van der Waals surface area contributed by atoms with Crippen LogP contribution in [-0.2, 0) is 11.8 Å². The van der Waals surface area contributed by atoms with E-state index >= 15 is 0 Å². The second-order valence-electron chi connectivity index (χ2n) is 8.14. The highest BCUT2D eigenvalue weighted by atomic mass is 79.9. The highest BCUT2D eigenvalue weighted by Crippen LogP contribution is 2.26. The van der Waals surface area contributed by atoms with E-state index in [9.17, 15) is 14.0 Å². The number of hydrogen-bond donors (Lipinski definition) is 2. The number of carbonyl (C=O) groups excluding carboxylic acids is 2. The van der Waals surface area contributed by atoms with Crippen LogP contribution in [0.2, 0.25) is 10.0 Å². The van der Waals surface area contributed by atoms with Crippen LogP contribution in [-0.4, -0.2) is 32.3 Å². The Balaban J connectivity index is 1.70. The highest BCUT2D eigenvalue weighted by molar-refractivity contribution is 9.10. The van der Waals surface area contributed by atoms with E-state index in [1.807, 2.05) is 13.8 Å². The summed E-state index contributed by atoms with van der Waals surface area (Å²) in [6.07, 6.45) is 0.608. The molecule has 0 aliphatic rings. The van der Waals surface area contributed by atoms with Crippen LogP contribution in [0.1, 0.15) is 42.5 Å². The van der Waals surface area contributed by atoms with Crippen molar-refractivity contribution in [1.82, 2.24) is 20.1 Å². The minimum Gasteiger partial charge on any atom is -0.342 e. The van der Waals surface area contributed by atoms with Crippen LogP contribution in [0.5, 0.6) is 0 Å². The van der Waals surface area contributed by atoms with E-state index in [1.165, 1.54) is 18.2 Å². The number of amides is 2. The molecule has 0 radical (unpaired) electrons. The van der Waals surface area contributed by atoms with Crippen molar-refractivity contribution in [2.24, 2.45) is 13.0 Å². The van der Waals surface area contributed by atoms with Gasteiger partial charge in [-0.2, -0.15) is 0 Å². The molecule has 0 aliphatic heterocycles. The Morgan fingerprint density at radius 3 is 2.57 bits per heavy atom. The first kappa shape index (κ1) is 27.4. The molecule has 1 atom stereocenters. The molecule has 2 aromatic carbocycles. The molecule has 3 aromatic rings. The topological polar surface area (TPSA) is 88.9 Å². The zero-order valence-corrected chi connectivity index (χ0v) is 23.0. The summed E-state index contributed by atoms with van der Waals surface area (Å²) in [7, 11) is 1.76. The monoisotopic (exact) mass is 601 g/mol. The summed E-state index contributed by atoms with van der Waals surface area (Å²) in [5.41, 5.74) is 0.399. The Kier molecular flexibility index (Phi) is 9.57. The van der Waals surface area contributed by atoms with Crippen molar-refractivity contribution in [2.45, 2.75) is 31.5 Å². The van der Waals surface area contributed by atoms with Gasteiger partial charge in [0.2, 0.25) is 5.91 Å². The van der Waals surface area contributed by atoms with E-state index in [0.717, 1.165) is 11.8 Å². The maximum absolute atomic E-state index is 14.0. The molecule has 35 heavy (non-hydrogen) atoms. The molecule has 0 unspecified atom stereocenters. The number of thioether (sulfide) groups is 1. The summed E-state index contributed by atoms with van der Waals surface area (Å²) in [6.45, 7) is 4.07. The normalized spacial score (nSPS) is 12.0. The Morgan fingerprint density at radius 2 is 1.91 bits per heavy atom. The largest absolute Gasteiger partial charge is 0.342 e. The summed E-state index contributed by atoms with van der Waals surface area (Å²) < 4.78 is 16.3. The quantitative estimate of drug-likeness (QED) is 0.282. The molecule has 3 rings (SSSR count).